The Labute approximate surface area is 305 Å². The highest BCUT2D eigenvalue weighted by Crippen LogP contribution is 2.28. The maximum atomic E-state index is 10.7. The summed E-state index contributed by atoms with van der Waals surface area (Å²) in [4.78, 5) is 9.73. The largest absolute Gasteiger partial charge is 0.507 e. The lowest BCUT2D eigenvalue weighted by Gasteiger charge is -2.25. The summed E-state index contributed by atoms with van der Waals surface area (Å²) in [6.07, 6.45) is 33.7. The normalized spacial score (nSPS) is 16.4. The van der Waals surface area contributed by atoms with Crippen molar-refractivity contribution in [2.75, 3.05) is 13.2 Å². The van der Waals surface area contributed by atoms with Gasteiger partial charge in [0.1, 0.15) is 23.0 Å². The fraction of sp³-hybridized carbons (Fsp3) is 0.682. The van der Waals surface area contributed by atoms with Gasteiger partial charge < -0.3 is 19.7 Å². The quantitative estimate of drug-likeness (QED) is 0.0687. The van der Waals surface area contributed by atoms with E-state index in [1.54, 1.807) is 24.6 Å². The molecule has 280 valence electrons. The van der Waals surface area contributed by atoms with Crippen molar-refractivity contribution < 1.29 is 19.7 Å². The van der Waals surface area contributed by atoms with E-state index < -0.39 is 0 Å². The first-order chi connectivity index (χ1) is 24.6. The summed E-state index contributed by atoms with van der Waals surface area (Å²) in [6.45, 7) is 5.88. The van der Waals surface area contributed by atoms with E-state index in [2.05, 4.69) is 13.8 Å². The Morgan fingerprint density at radius 1 is 0.520 bits per heavy atom. The molecule has 2 aromatic rings. The molecule has 0 radical (unpaired) electrons. The molecule has 0 heterocycles. The van der Waals surface area contributed by atoms with Crippen LogP contribution in [0.1, 0.15) is 179 Å². The van der Waals surface area contributed by atoms with Gasteiger partial charge in [0, 0.05) is 35.7 Å². The van der Waals surface area contributed by atoms with Crippen molar-refractivity contribution in [1.82, 2.24) is 0 Å². The van der Waals surface area contributed by atoms with Crippen LogP contribution < -0.4 is 9.47 Å². The van der Waals surface area contributed by atoms with E-state index in [9.17, 15) is 10.2 Å². The SMILES string of the molecule is CCCCCCCCCCCCOc1ccc(C=N[C@H]2CCCC[C@@H]2N=Cc2ccc(OCCCCCCCCCCCC)cc2O)c(O)c1. The molecule has 2 aromatic carbocycles. The van der Waals surface area contributed by atoms with Crippen LogP contribution in [0.25, 0.3) is 0 Å². The second-order valence-corrected chi connectivity index (χ2v) is 14.5. The number of hydrogen-bond donors (Lipinski definition) is 2. The molecule has 2 N–H and O–H groups in total. The molecule has 3 rings (SSSR count). The lowest BCUT2D eigenvalue weighted by molar-refractivity contribution is 0.302. The van der Waals surface area contributed by atoms with Crippen molar-refractivity contribution >= 4 is 12.4 Å². The van der Waals surface area contributed by atoms with Gasteiger partial charge in [0.05, 0.1) is 25.3 Å². The Bertz CT molecular complexity index is 1120. The summed E-state index contributed by atoms with van der Waals surface area (Å²) < 4.78 is 11.8. The zero-order chi connectivity index (χ0) is 35.5. The Balaban J connectivity index is 1.36. The van der Waals surface area contributed by atoms with Crippen molar-refractivity contribution in [3.63, 3.8) is 0 Å². The van der Waals surface area contributed by atoms with Crippen LogP contribution in [0.5, 0.6) is 23.0 Å². The molecule has 0 spiro atoms. The van der Waals surface area contributed by atoms with E-state index in [-0.39, 0.29) is 23.6 Å². The number of ether oxygens (including phenoxy) is 2. The highest BCUT2D eigenvalue weighted by molar-refractivity contribution is 5.85. The van der Waals surface area contributed by atoms with Gasteiger partial charge in [0.2, 0.25) is 0 Å². The number of aliphatic imine (C=N–C) groups is 2. The second kappa shape index (κ2) is 26.7. The molecule has 0 bridgehead atoms. The summed E-state index contributed by atoms with van der Waals surface area (Å²) in [5, 5.41) is 21.3. The fourth-order valence-corrected chi connectivity index (χ4v) is 6.80. The zero-order valence-corrected chi connectivity index (χ0v) is 31.8. The first-order valence-electron chi connectivity index (χ1n) is 20.6. The minimum Gasteiger partial charge on any atom is -0.507 e. The van der Waals surface area contributed by atoms with Crippen LogP contribution in [0.15, 0.2) is 46.4 Å². The third-order valence-electron chi connectivity index (χ3n) is 10.0. The predicted molar refractivity (Wildman–Crippen MR) is 212 cm³/mol. The third kappa shape index (κ3) is 17.8. The van der Waals surface area contributed by atoms with Crippen molar-refractivity contribution in [1.29, 1.82) is 0 Å². The lowest BCUT2D eigenvalue weighted by atomic mass is 9.91. The summed E-state index contributed by atoms with van der Waals surface area (Å²) in [6, 6.07) is 11.1. The monoisotopic (exact) mass is 691 g/mol. The van der Waals surface area contributed by atoms with E-state index in [0.29, 0.717) is 35.8 Å². The van der Waals surface area contributed by atoms with Crippen LogP contribution in [-0.4, -0.2) is 47.9 Å². The number of benzene rings is 2. The number of unbranched alkanes of at least 4 members (excludes halogenated alkanes) is 18. The molecule has 0 aromatic heterocycles. The molecular formula is C44H70N2O4. The number of rotatable bonds is 28. The Kier molecular flexibility index (Phi) is 22.1. The second-order valence-electron chi connectivity index (χ2n) is 14.5. The number of phenolic OH excluding ortho intramolecular Hbond substituents is 2. The van der Waals surface area contributed by atoms with Crippen LogP contribution in [0.2, 0.25) is 0 Å². The molecule has 1 aliphatic carbocycles. The molecule has 2 atom stereocenters. The molecule has 0 aliphatic heterocycles. The highest BCUT2D eigenvalue weighted by atomic mass is 16.5. The Morgan fingerprint density at radius 2 is 0.860 bits per heavy atom. The molecule has 0 saturated heterocycles. The van der Waals surface area contributed by atoms with Crippen molar-refractivity contribution in [3.05, 3.63) is 47.5 Å². The van der Waals surface area contributed by atoms with Crippen molar-refractivity contribution in [2.45, 2.75) is 180 Å². The van der Waals surface area contributed by atoms with Crippen molar-refractivity contribution in [2.24, 2.45) is 9.98 Å². The minimum absolute atomic E-state index is 0.0393. The van der Waals surface area contributed by atoms with Crippen LogP contribution in [0.3, 0.4) is 0 Å². The van der Waals surface area contributed by atoms with Gasteiger partial charge in [0.25, 0.3) is 0 Å². The summed E-state index contributed by atoms with van der Waals surface area (Å²) in [7, 11) is 0. The summed E-state index contributed by atoms with van der Waals surface area (Å²) >= 11 is 0. The van der Waals surface area contributed by atoms with Gasteiger partial charge in [-0.05, 0) is 49.9 Å². The molecule has 1 fully saturated rings. The molecule has 50 heavy (non-hydrogen) atoms. The van der Waals surface area contributed by atoms with Gasteiger partial charge in [0.15, 0.2) is 0 Å². The molecule has 6 heteroatoms. The topological polar surface area (TPSA) is 83.6 Å². The number of nitrogens with zero attached hydrogens (tertiary/aromatic N) is 2. The lowest BCUT2D eigenvalue weighted by Crippen LogP contribution is -2.27. The van der Waals surface area contributed by atoms with Crippen LogP contribution >= 0.6 is 0 Å². The summed E-state index contributed by atoms with van der Waals surface area (Å²) in [5.41, 5.74) is 1.38. The minimum atomic E-state index is 0.0393. The van der Waals surface area contributed by atoms with Crippen LogP contribution in [-0.2, 0) is 0 Å². The van der Waals surface area contributed by atoms with Gasteiger partial charge in [-0.3, -0.25) is 9.98 Å². The smallest absolute Gasteiger partial charge is 0.128 e. The maximum Gasteiger partial charge on any atom is 0.128 e. The fourth-order valence-electron chi connectivity index (χ4n) is 6.80. The standard InChI is InChI=1S/C44H70N2O4/c1-3-5-7-9-11-13-15-17-19-23-31-49-39-29-27-37(43(47)33-39)35-45-41-25-21-22-26-42(41)46-36-38-28-30-40(34-44(38)48)50-32-24-20-18-16-14-12-10-8-6-4-2/h27-30,33-36,41-42,47-48H,3-26,31-32H2,1-2H3/t41-,42-/m0/s1. The average Bonchev–Trinajstić information content (AvgIpc) is 3.12. The van der Waals surface area contributed by atoms with E-state index >= 15 is 0 Å². The molecule has 0 amide bonds. The third-order valence-corrected chi connectivity index (χ3v) is 10.0. The molecule has 6 nitrogen and oxygen atoms in total. The van der Waals surface area contributed by atoms with Crippen LogP contribution in [0.4, 0.5) is 0 Å². The van der Waals surface area contributed by atoms with Gasteiger partial charge in [-0.15, -0.1) is 0 Å². The van der Waals surface area contributed by atoms with Crippen LogP contribution in [0, 0.1) is 0 Å². The van der Waals surface area contributed by atoms with Gasteiger partial charge >= 0.3 is 0 Å². The number of phenols is 2. The first-order valence-corrected chi connectivity index (χ1v) is 20.6. The van der Waals surface area contributed by atoms with E-state index in [1.165, 1.54) is 116 Å². The van der Waals surface area contributed by atoms with Gasteiger partial charge in [-0.2, -0.15) is 0 Å². The summed E-state index contributed by atoms with van der Waals surface area (Å²) in [5.74, 6) is 1.77. The predicted octanol–water partition coefficient (Wildman–Crippen LogP) is 12.5. The van der Waals surface area contributed by atoms with Gasteiger partial charge in [-0.25, -0.2) is 0 Å². The Morgan fingerprint density at radius 3 is 1.20 bits per heavy atom. The zero-order valence-electron chi connectivity index (χ0n) is 31.8. The van der Waals surface area contributed by atoms with E-state index in [0.717, 1.165) is 38.5 Å². The maximum absolute atomic E-state index is 10.7. The Hall–Kier alpha value is -3.02. The molecule has 0 unspecified atom stereocenters. The average molecular weight is 691 g/mol. The number of hydrogen-bond acceptors (Lipinski definition) is 6. The van der Waals surface area contributed by atoms with E-state index in [4.69, 9.17) is 19.5 Å². The van der Waals surface area contributed by atoms with Crippen molar-refractivity contribution in [3.8, 4) is 23.0 Å². The highest BCUT2D eigenvalue weighted by Gasteiger charge is 2.23. The number of aromatic hydroxyl groups is 2. The molecule has 1 saturated carbocycles. The first kappa shape index (κ1) is 41.4. The molecule has 1 aliphatic rings. The van der Waals surface area contributed by atoms with E-state index in [1.807, 2.05) is 24.3 Å². The van der Waals surface area contributed by atoms with Gasteiger partial charge in [-0.1, -0.05) is 142 Å². The molecular weight excluding hydrogens is 620 g/mol.